The molecule has 2 aliphatic rings. The Labute approximate surface area is 335 Å². The number of nitrogens with zero attached hydrogens (tertiary/aromatic N) is 9. The normalized spacial score (nSPS) is 16.3. The third-order valence-corrected chi connectivity index (χ3v) is 9.16. The smallest absolute Gasteiger partial charge is 0.512 e. The molecule has 0 N–H and O–H groups in total. The Morgan fingerprint density at radius 3 is 1.40 bits per heavy atom. The van der Waals surface area contributed by atoms with E-state index in [4.69, 9.17) is 40.0 Å². The van der Waals surface area contributed by atoms with E-state index >= 15 is 0 Å². The summed E-state index contributed by atoms with van der Waals surface area (Å²) in [6, 6.07) is 12.1. The minimum Gasteiger partial charge on any atom is -0.512 e. The molecule has 4 heterocycles. The Morgan fingerprint density at radius 2 is 1.08 bits per heavy atom. The Bertz CT molecular complexity index is 2010. The van der Waals surface area contributed by atoms with Crippen molar-refractivity contribution in [2.24, 2.45) is 0 Å². The zero-order valence-corrected chi connectivity index (χ0v) is 34.5. The summed E-state index contributed by atoms with van der Waals surface area (Å²) in [5, 5.41) is 6.25. The fourth-order valence-corrected chi connectivity index (χ4v) is 6.17. The maximum atomic E-state index is 8.46. The van der Waals surface area contributed by atoms with E-state index < -0.39 is 14.0 Å². The van der Waals surface area contributed by atoms with Gasteiger partial charge >= 0.3 is 21.1 Å². The minimum absolute atomic E-state index is 0. The van der Waals surface area contributed by atoms with Crippen LogP contribution in [0.4, 0.5) is 34.6 Å². The molecule has 2 aromatic heterocycles. The van der Waals surface area contributed by atoms with Gasteiger partial charge in [-0.25, -0.2) is 19.9 Å². The van der Waals surface area contributed by atoms with E-state index in [1.54, 1.807) is 22.2 Å². The van der Waals surface area contributed by atoms with Gasteiger partial charge in [0.1, 0.15) is 23.3 Å². The molecule has 0 fully saturated rings. The Balaban J connectivity index is 0.00000244. The molecule has 6 rings (SSSR count). The number of aromatic nitrogens is 4. The topological polar surface area (TPSA) is 88.3 Å². The number of benzene rings is 2. The van der Waals surface area contributed by atoms with Crippen LogP contribution in [0.25, 0.3) is 11.1 Å². The van der Waals surface area contributed by atoms with Crippen LogP contribution in [-0.2, 0) is 31.9 Å². The molecule has 2 aromatic carbocycles. The zero-order chi connectivity index (χ0) is 42.7. The summed E-state index contributed by atoms with van der Waals surface area (Å²) in [5.74, 6) is 1.77. The maximum absolute atomic E-state index is 8.46. The van der Waals surface area contributed by atoms with Crippen LogP contribution in [0.3, 0.4) is 0 Å². The van der Waals surface area contributed by atoms with Crippen LogP contribution < -0.4 is 19.6 Å². The number of fused-ring (bicyclic) bond motifs is 2. The largest absolute Gasteiger partial charge is 4.00 e. The average Bonchev–Trinajstić information content (AvgIpc) is 3.70. The average molecular weight is 885 g/mol. The van der Waals surface area contributed by atoms with Crippen LogP contribution in [0.5, 0.6) is 0 Å². The van der Waals surface area contributed by atoms with Gasteiger partial charge in [-0.2, -0.15) is 0 Å². The molecule has 0 saturated heterocycles. The molecule has 0 unspecified atom stereocenters. The van der Waals surface area contributed by atoms with Crippen molar-refractivity contribution in [2.75, 3.05) is 33.6 Å². The van der Waals surface area contributed by atoms with Crippen LogP contribution in [0.2, 0.25) is 0 Å². The van der Waals surface area contributed by atoms with Gasteiger partial charge < -0.3 is 31.4 Å². The van der Waals surface area contributed by atoms with Crippen molar-refractivity contribution in [3.8, 4) is 11.1 Å². The first-order chi connectivity index (χ1) is 26.3. The fraction of sp³-hybridized carbons (Fsp3) is 0.452. The standard InChI is InChI=1S/C41H53N8.CN.Pt/c1-24(2)27-17-31(25(3)4)35(32(18-27)26(5)6)28-15-29(48-22-46(13)38-36(48)42-20-33(44-38)40(7,8)9)19-30(16-28)49-23-47(14)39-37(49)43-21-34(45-39)41(10,11)12;1-2;/h15-18,20-26H,1-14H3;;/q-3;-1;+4/i13D3,14D3;;. The van der Waals surface area contributed by atoms with Crippen molar-refractivity contribution >= 4 is 34.6 Å². The number of rotatable bonds is 6. The summed E-state index contributed by atoms with van der Waals surface area (Å²) in [6.07, 6.45) is 3.37. The second-order valence-electron chi connectivity index (χ2n) is 16.2. The molecule has 0 atom stereocenters. The Hall–Kier alpha value is -4.02. The molecule has 0 bridgehead atoms. The quantitative estimate of drug-likeness (QED) is 0.176. The van der Waals surface area contributed by atoms with Crippen molar-refractivity contribution in [3.63, 3.8) is 0 Å². The molecule has 0 radical (unpaired) electrons. The molecule has 0 amide bonds. The van der Waals surface area contributed by atoms with E-state index in [0.717, 1.165) is 11.1 Å². The summed E-state index contributed by atoms with van der Waals surface area (Å²) < 4.78 is 50.7. The first-order valence-corrected chi connectivity index (χ1v) is 17.4. The maximum Gasteiger partial charge on any atom is 4.00 e. The van der Waals surface area contributed by atoms with Crippen molar-refractivity contribution in [1.29, 1.82) is 5.26 Å². The van der Waals surface area contributed by atoms with Gasteiger partial charge in [-0.05, 0) is 54.0 Å². The molecular weight excluding hydrogens is 826 g/mol. The van der Waals surface area contributed by atoms with Gasteiger partial charge in [0, 0.05) is 19.1 Å². The SMILES string of the molecule is [2H]C([2H])([2H])N1[CH-]N(c2[c-]c(N3[CH-]N(C([2H])([2H])[2H])c4nc(C(C)(C)C)cnc43)cc(-c3c(C(C)C)cc(C(C)C)cc3C(C)C)c2)c2ncc(C(C)(C)C)nc21.[C-]#N.[Pt+4]. The van der Waals surface area contributed by atoms with Gasteiger partial charge in [-0.15, -0.1) is 48.5 Å². The monoisotopic (exact) mass is 884 g/mol. The molecule has 0 spiro atoms. The van der Waals surface area contributed by atoms with E-state index in [1.165, 1.54) is 39.8 Å². The molecule has 52 heavy (non-hydrogen) atoms. The van der Waals surface area contributed by atoms with Gasteiger partial charge in [0.05, 0.1) is 23.8 Å². The van der Waals surface area contributed by atoms with Gasteiger partial charge in [0.2, 0.25) is 0 Å². The van der Waals surface area contributed by atoms with Gasteiger partial charge in [-0.3, -0.25) is 0 Å². The number of anilines is 6. The third kappa shape index (κ3) is 7.69. The van der Waals surface area contributed by atoms with Crippen molar-refractivity contribution in [2.45, 2.75) is 112 Å². The van der Waals surface area contributed by atoms with Crippen molar-refractivity contribution in [3.05, 3.63) is 90.7 Å². The fourth-order valence-electron chi connectivity index (χ4n) is 6.17. The van der Waals surface area contributed by atoms with Crippen LogP contribution in [0.1, 0.15) is 137 Å². The molecule has 9 nitrogen and oxygen atoms in total. The van der Waals surface area contributed by atoms with Gasteiger partial charge in [0.25, 0.3) is 0 Å². The second-order valence-corrected chi connectivity index (χ2v) is 16.2. The van der Waals surface area contributed by atoms with Crippen LogP contribution in [-0.4, -0.2) is 33.9 Å². The third-order valence-electron chi connectivity index (χ3n) is 9.16. The van der Waals surface area contributed by atoms with E-state index in [0.29, 0.717) is 40.3 Å². The number of hydrogen-bond donors (Lipinski definition) is 0. The summed E-state index contributed by atoms with van der Waals surface area (Å²) >= 11 is 0. The molecule has 4 aromatic rings. The second kappa shape index (κ2) is 15.1. The summed E-state index contributed by atoms with van der Waals surface area (Å²) in [6.45, 7) is 27.8. The zero-order valence-electron chi connectivity index (χ0n) is 38.2. The van der Waals surface area contributed by atoms with E-state index in [-0.39, 0.29) is 55.4 Å². The Morgan fingerprint density at radius 1 is 0.673 bits per heavy atom. The van der Waals surface area contributed by atoms with E-state index in [2.05, 4.69) is 59.7 Å². The first-order valence-electron chi connectivity index (χ1n) is 20.4. The molecule has 276 valence electrons. The predicted octanol–water partition coefficient (Wildman–Crippen LogP) is 10.2. The Kier molecular flexibility index (Phi) is 9.50. The molecule has 10 heteroatoms. The molecule has 2 aliphatic heterocycles. The van der Waals surface area contributed by atoms with E-state index in [9.17, 15) is 0 Å². The van der Waals surface area contributed by atoms with E-state index in [1.807, 2.05) is 53.7 Å². The van der Waals surface area contributed by atoms with Crippen LogP contribution in [0.15, 0.2) is 36.7 Å². The summed E-state index contributed by atoms with van der Waals surface area (Å²) in [5.41, 5.74) is 7.07. The molecular formula is C42H53N9Pt. The van der Waals surface area contributed by atoms with Gasteiger partial charge in [0.15, 0.2) is 0 Å². The number of hydrogen-bond acceptors (Lipinski definition) is 9. The molecule has 0 aliphatic carbocycles. The van der Waals surface area contributed by atoms with Gasteiger partial charge in [-0.1, -0.05) is 95.2 Å². The predicted molar refractivity (Wildman–Crippen MR) is 209 cm³/mol. The van der Waals surface area contributed by atoms with Crippen LogP contribution in [0, 0.1) is 31.2 Å². The first kappa shape index (κ1) is 32.6. The van der Waals surface area contributed by atoms with Crippen molar-refractivity contribution < 1.29 is 29.3 Å². The summed E-state index contributed by atoms with van der Waals surface area (Å²) in [7, 11) is 0. The van der Waals surface area contributed by atoms with Crippen LogP contribution >= 0.6 is 0 Å². The molecule has 0 saturated carbocycles. The summed E-state index contributed by atoms with van der Waals surface area (Å²) in [4.78, 5) is 25.0. The minimum atomic E-state index is -2.56. The van der Waals surface area contributed by atoms with Crippen molar-refractivity contribution in [1.82, 2.24) is 19.9 Å².